The molecule has 5 atom stereocenters. The number of pyridine rings is 1. The Hall–Kier alpha value is -3.75. The zero-order valence-electron chi connectivity index (χ0n) is 26.5. The van der Waals surface area contributed by atoms with Crippen molar-refractivity contribution in [1.29, 1.82) is 0 Å². The number of nitrogens with one attached hydrogen (secondary N) is 1. The van der Waals surface area contributed by atoms with Gasteiger partial charge in [-0.2, -0.15) is 0 Å². The first-order valence-electron chi connectivity index (χ1n) is 15.2. The van der Waals surface area contributed by atoms with E-state index in [-0.39, 0.29) is 41.5 Å². The van der Waals surface area contributed by atoms with Crippen LogP contribution in [0.1, 0.15) is 88.2 Å². The summed E-state index contributed by atoms with van der Waals surface area (Å²) in [5, 5.41) is 3.05. The molecule has 0 saturated heterocycles. The summed E-state index contributed by atoms with van der Waals surface area (Å²) in [6.45, 7) is 9.19. The fourth-order valence-corrected chi connectivity index (χ4v) is 5.64. The summed E-state index contributed by atoms with van der Waals surface area (Å²) < 4.78 is 10.6. The van der Waals surface area contributed by atoms with E-state index in [0.29, 0.717) is 30.9 Å². The smallest absolute Gasteiger partial charge is 0.308 e. The van der Waals surface area contributed by atoms with Crippen LogP contribution in [0, 0.1) is 23.7 Å². The maximum absolute atomic E-state index is 13.5. The minimum atomic E-state index is -0.747. The zero-order chi connectivity index (χ0) is 31.7. The molecule has 9 nitrogen and oxygen atoms in total. The fraction of sp³-hybridized carbons (Fsp3) is 0.559. The third-order valence-corrected chi connectivity index (χ3v) is 8.33. The number of hydrogen-bond acceptors (Lipinski definition) is 7. The second-order valence-electron chi connectivity index (χ2n) is 12.2. The summed E-state index contributed by atoms with van der Waals surface area (Å²) in [5.41, 5.74) is 1.63. The first-order chi connectivity index (χ1) is 20.4. The average molecular weight is 594 g/mol. The maximum atomic E-state index is 13.5. The van der Waals surface area contributed by atoms with E-state index in [1.807, 2.05) is 58.2 Å². The number of benzene rings is 1. The zero-order valence-corrected chi connectivity index (χ0v) is 26.5. The molecule has 1 saturated carbocycles. The Bertz CT molecular complexity index is 1250. The monoisotopic (exact) mass is 593 g/mol. The van der Waals surface area contributed by atoms with Gasteiger partial charge >= 0.3 is 11.9 Å². The lowest BCUT2D eigenvalue weighted by atomic mass is 9.93. The standard InChI is InChI=1S/C34H47N3O6/c1-21(2)30(37(6)33(40)23(4)26-16-17-26)20-31(43-24(5)38)28-14-11-15-29(36-28)32(39)35-27(18-22(3)34(41)42-7)19-25-12-9-8-10-13-25/h8-15,21-23,26-27,30-31H,16-20H2,1-7H3,(H,35,39)/t22-,23-,27+,30+,31+/m0/s1. The molecule has 0 aliphatic heterocycles. The number of nitrogens with zero attached hydrogens (tertiary/aromatic N) is 2. The topological polar surface area (TPSA) is 115 Å². The van der Waals surface area contributed by atoms with Crippen molar-refractivity contribution in [2.75, 3.05) is 14.2 Å². The van der Waals surface area contributed by atoms with Crippen LogP contribution < -0.4 is 5.32 Å². The minimum Gasteiger partial charge on any atom is -0.469 e. The number of ether oxygens (including phenoxy) is 2. The van der Waals surface area contributed by atoms with Crippen molar-refractivity contribution in [3.05, 3.63) is 65.5 Å². The predicted molar refractivity (Wildman–Crippen MR) is 164 cm³/mol. The third-order valence-electron chi connectivity index (χ3n) is 8.33. The van der Waals surface area contributed by atoms with Crippen molar-refractivity contribution in [2.45, 2.75) is 84.9 Å². The van der Waals surface area contributed by atoms with E-state index in [2.05, 4.69) is 10.3 Å². The van der Waals surface area contributed by atoms with E-state index < -0.39 is 23.9 Å². The van der Waals surface area contributed by atoms with Crippen molar-refractivity contribution in [1.82, 2.24) is 15.2 Å². The SMILES string of the molecule is COC(=O)[C@@H](C)C[C@H](Cc1ccccc1)NC(=O)c1cccc([C@@H](C[C@H](C(C)C)N(C)C(=O)[C@@H](C)C2CC2)OC(C)=O)n1. The molecule has 1 aromatic carbocycles. The Balaban J connectivity index is 1.82. The average Bonchev–Trinajstić information content (AvgIpc) is 3.83. The molecule has 0 bridgehead atoms. The number of methoxy groups -OCH3 is 1. The lowest BCUT2D eigenvalue weighted by Crippen LogP contribution is -2.44. The molecule has 0 spiro atoms. The number of amides is 2. The first-order valence-corrected chi connectivity index (χ1v) is 15.2. The lowest BCUT2D eigenvalue weighted by molar-refractivity contribution is -0.149. The molecule has 0 unspecified atom stereocenters. The van der Waals surface area contributed by atoms with Gasteiger partial charge in [-0.1, -0.05) is 64.1 Å². The molecule has 1 heterocycles. The molecule has 43 heavy (non-hydrogen) atoms. The third kappa shape index (κ3) is 9.90. The van der Waals surface area contributed by atoms with Crippen LogP contribution in [0.4, 0.5) is 0 Å². The molecule has 1 aromatic heterocycles. The molecule has 1 N–H and O–H groups in total. The van der Waals surface area contributed by atoms with E-state index in [1.54, 1.807) is 30.0 Å². The van der Waals surface area contributed by atoms with Gasteiger partial charge in [-0.05, 0) is 55.2 Å². The van der Waals surface area contributed by atoms with Gasteiger partial charge in [0.25, 0.3) is 5.91 Å². The van der Waals surface area contributed by atoms with Gasteiger partial charge in [0.2, 0.25) is 5.91 Å². The summed E-state index contributed by atoms with van der Waals surface area (Å²) in [5.74, 6) is -1.04. The fourth-order valence-electron chi connectivity index (χ4n) is 5.64. The van der Waals surface area contributed by atoms with Crippen LogP contribution in [0.15, 0.2) is 48.5 Å². The second kappa shape index (κ2) is 15.6. The van der Waals surface area contributed by atoms with Gasteiger partial charge < -0.3 is 19.7 Å². The van der Waals surface area contributed by atoms with Gasteiger partial charge in [-0.3, -0.25) is 19.2 Å². The van der Waals surface area contributed by atoms with E-state index in [4.69, 9.17) is 9.47 Å². The van der Waals surface area contributed by atoms with Crippen LogP contribution in [0.3, 0.4) is 0 Å². The number of carbonyl (C=O) groups is 4. The van der Waals surface area contributed by atoms with Gasteiger partial charge in [0.05, 0.1) is 18.7 Å². The van der Waals surface area contributed by atoms with Crippen LogP contribution >= 0.6 is 0 Å². The maximum Gasteiger partial charge on any atom is 0.308 e. The van der Waals surface area contributed by atoms with Crippen LogP contribution in [0.2, 0.25) is 0 Å². The van der Waals surface area contributed by atoms with Crippen LogP contribution in [0.5, 0.6) is 0 Å². The van der Waals surface area contributed by atoms with E-state index >= 15 is 0 Å². The first kappa shape index (κ1) is 33.7. The molecule has 1 aliphatic rings. The molecular formula is C34H47N3O6. The Labute approximate surface area is 255 Å². The van der Waals surface area contributed by atoms with Crippen LogP contribution in [-0.4, -0.2) is 59.9 Å². The van der Waals surface area contributed by atoms with Gasteiger partial charge in [0, 0.05) is 38.4 Å². The highest BCUT2D eigenvalue weighted by Crippen LogP contribution is 2.38. The molecule has 234 valence electrons. The lowest BCUT2D eigenvalue weighted by Gasteiger charge is -2.35. The second-order valence-corrected chi connectivity index (χ2v) is 12.2. The highest BCUT2D eigenvalue weighted by atomic mass is 16.5. The van der Waals surface area contributed by atoms with Gasteiger partial charge in [-0.15, -0.1) is 0 Å². The number of hydrogen-bond donors (Lipinski definition) is 1. The number of esters is 2. The summed E-state index contributed by atoms with van der Waals surface area (Å²) in [6, 6.07) is 14.2. The summed E-state index contributed by atoms with van der Waals surface area (Å²) in [4.78, 5) is 57.5. The molecule has 0 radical (unpaired) electrons. The number of carbonyl (C=O) groups excluding carboxylic acids is 4. The molecule has 2 amide bonds. The van der Waals surface area contributed by atoms with Gasteiger partial charge in [-0.25, -0.2) is 4.98 Å². The predicted octanol–water partition coefficient (Wildman–Crippen LogP) is 5.15. The van der Waals surface area contributed by atoms with Crippen molar-refractivity contribution >= 4 is 23.8 Å². The molecule has 9 heteroatoms. The summed E-state index contributed by atoms with van der Waals surface area (Å²) in [7, 11) is 3.17. The van der Waals surface area contributed by atoms with Crippen molar-refractivity contribution in [3.8, 4) is 0 Å². The largest absolute Gasteiger partial charge is 0.469 e. The molecule has 3 rings (SSSR count). The minimum absolute atomic E-state index is 0.0469. The van der Waals surface area contributed by atoms with Gasteiger partial charge in [0.1, 0.15) is 11.8 Å². The van der Waals surface area contributed by atoms with E-state index in [9.17, 15) is 19.2 Å². The molecular weight excluding hydrogens is 546 g/mol. The Kier molecular flexibility index (Phi) is 12.3. The summed E-state index contributed by atoms with van der Waals surface area (Å²) >= 11 is 0. The Morgan fingerprint density at radius 2 is 1.65 bits per heavy atom. The summed E-state index contributed by atoms with van der Waals surface area (Å²) in [6.07, 6.45) is 2.68. The van der Waals surface area contributed by atoms with E-state index in [0.717, 1.165) is 18.4 Å². The van der Waals surface area contributed by atoms with Crippen LogP contribution in [-0.2, 0) is 30.3 Å². The quantitative estimate of drug-likeness (QED) is 0.284. The number of rotatable bonds is 15. The van der Waals surface area contributed by atoms with Crippen molar-refractivity contribution in [3.63, 3.8) is 0 Å². The molecule has 1 aliphatic carbocycles. The Morgan fingerprint density at radius 3 is 2.23 bits per heavy atom. The number of aromatic nitrogens is 1. The van der Waals surface area contributed by atoms with Gasteiger partial charge in [0.15, 0.2) is 0 Å². The normalized spacial score (nSPS) is 16.4. The van der Waals surface area contributed by atoms with Crippen molar-refractivity contribution in [2.24, 2.45) is 23.7 Å². The van der Waals surface area contributed by atoms with Crippen LogP contribution in [0.25, 0.3) is 0 Å². The highest BCUT2D eigenvalue weighted by molar-refractivity contribution is 5.92. The molecule has 1 fully saturated rings. The van der Waals surface area contributed by atoms with Crippen molar-refractivity contribution < 1.29 is 28.7 Å². The van der Waals surface area contributed by atoms with E-state index in [1.165, 1.54) is 14.0 Å². The Morgan fingerprint density at radius 1 is 0.977 bits per heavy atom. The molecule has 2 aromatic rings. The highest BCUT2D eigenvalue weighted by Gasteiger charge is 2.37.